The maximum atomic E-state index is 13.2. The highest BCUT2D eigenvalue weighted by Gasteiger charge is 2.27. The molecule has 1 saturated carbocycles. The molecule has 1 fully saturated rings. The van der Waals surface area contributed by atoms with E-state index in [0.29, 0.717) is 17.2 Å². The lowest BCUT2D eigenvalue weighted by Crippen LogP contribution is -2.16. The number of halogens is 1. The van der Waals surface area contributed by atoms with Crippen LogP contribution < -0.4 is 5.56 Å². The molecule has 0 unspecified atom stereocenters. The van der Waals surface area contributed by atoms with Crippen LogP contribution in [0.5, 0.6) is 0 Å². The zero-order chi connectivity index (χ0) is 13.6. The van der Waals surface area contributed by atoms with Gasteiger partial charge in [-0.1, -0.05) is 0 Å². The van der Waals surface area contributed by atoms with Gasteiger partial charge in [-0.15, -0.1) is 0 Å². The van der Waals surface area contributed by atoms with Gasteiger partial charge in [0.25, 0.3) is 5.56 Å². The molecular formula is C15H15FN2O. The Bertz CT molecular complexity index is 702. The predicted molar refractivity (Wildman–Crippen MR) is 71.7 cm³/mol. The molecule has 1 aromatic heterocycles. The number of hydrogen-bond donors (Lipinski definition) is 1. The highest BCUT2D eigenvalue weighted by molar-refractivity contribution is 5.66. The monoisotopic (exact) mass is 258 g/mol. The number of H-pyrrole nitrogens is 1. The molecule has 98 valence electrons. The molecule has 0 radical (unpaired) electrons. The van der Waals surface area contributed by atoms with Gasteiger partial charge in [0.2, 0.25) is 0 Å². The first-order valence-electron chi connectivity index (χ1n) is 6.43. The minimum absolute atomic E-state index is 0.101. The Morgan fingerprint density at radius 3 is 2.68 bits per heavy atom. The molecule has 3 rings (SSSR count). The lowest BCUT2D eigenvalue weighted by Gasteiger charge is -2.10. The van der Waals surface area contributed by atoms with E-state index in [9.17, 15) is 9.18 Å². The number of aromatic amines is 1. The highest BCUT2D eigenvalue weighted by atomic mass is 19.1. The molecule has 4 heteroatoms. The normalized spacial score (nSPS) is 14.7. The van der Waals surface area contributed by atoms with E-state index in [-0.39, 0.29) is 11.4 Å². The van der Waals surface area contributed by atoms with Gasteiger partial charge in [-0.05, 0) is 50.5 Å². The molecule has 0 amide bonds. The predicted octanol–water partition coefficient (Wildman–Crippen LogP) is 3.07. The van der Waals surface area contributed by atoms with E-state index in [2.05, 4.69) is 9.97 Å². The molecule has 2 aromatic rings. The number of aryl methyl sites for hydroxylation is 1. The summed E-state index contributed by atoms with van der Waals surface area (Å²) in [6.45, 7) is 3.58. The zero-order valence-corrected chi connectivity index (χ0v) is 11.0. The lowest BCUT2D eigenvalue weighted by atomic mass is 10.0. The quantitative estimate of drug-likeness (QED) is 0.899. The molecule has 1 aliphatic carbocycles. The van der Waals surface area contributed by atoms with Gasteiger partial charge >= 0.3 is 0 Å². The number of aromatic nitrogens is 2. The fourth-order valence-electron chi connectivity index (χ4n) is 2.25. The summed E-state index contributed by atoms with van der Waals surface area (Å²) in [5.41, 5.74) is 2.77. The summed E-state index contributed by atoms with van der Waals surface area (Å²) in [6.07, 6.45) is 2.15. The van der Waals surface area contributed by atoms with E-state index >= 15 is 0 Å². The summed E-state index contributed by atoms with van der Waals surface area (Å²) >= 11 is 0. The van der Waals surface area contributed by atoms with Crippen LogP contribution >= 0.6 is 0 Å². The fourth-order valence-corrected chi connectivity index (χ4v) is 2.25. The summed E-state index contributed by atoms with van der Waals surface area (Å²) in [5, 5.41) is 0. The standard InChI is InChI=1S/C15H15FN2O/c1-8-7-11(16)5-6-12(8)13-9(2)15(19)18-14(17-13)10-3-4-10/h5-7,10H,3-4H2,1-2H3,(H,17,18,19). The number of nitrogens with zero attached hydrogens (tertiary/aromatic N) is 1. The van der Waals surface area contributed by atoms with Crippen molar-refractivity contribution in [2.45, 2.75) is 32.6 Å². The molecule has 3 nitrogen and oxygen atoms in total. The average Bonchev–Trinajstić information content (AvgIpc) is 3.17. The third kappa shape index (κ3) is 2.18. The van der Waals surface area contributed by atoms with Gasteiger partial charge in [0.1, 0.15) is 11.6 Å². The van der Waals surface area contributed by atoms with E-state index in [0.717, 1.165) is 29.8 Å². The van der Waals surface area contributed by atoms with Crippen molar-refractivity contribution in [3.8, 4) is 11.3 Å². The van der Waals surface area contributed by atoms with Crippen LogP contribution in [0.15, 0.2) is 23.0 Å². The topological polar surface area (TPSA) is 45.8 Å². The Hall–Kier alpha value is -1.97. The van der Waals surface area contributed by atoms with Crippen molar-refractivity contribution in [1.29, 1.82) is 0 Å². The Kier molecular flexibility index (Phi) is 2.73. The van der Waals surface area contributed by atoms with Crippen LogP contribution in [0.25, 0.3) is 11.3 Å². The molecule has 0 atom stereocenters. The average molecular weight is 258 g/mol. The molecule has 1 N–H and O–H groups in total. The summed E-state index contributed by atoms with van der Waals surface area (Å²) in [5.74, 6) is 0.869. The lowest BCUT2D eigenvalue weighted by molar-refractivity contribution is 0.627. The summed E-state index contributed by atoms with van der Waals surface area (Å²) < 4.78 is 13.2. The molecule has 1 heterocycles. The maximum Gasteiger partial charge on any atom is 0.254 e. The molecule has 1 aliphatic rings. The molecule has 19 heavy (non-hydrogen) atoms. The minimum atomic E-state index is -0.272. The van der Waals surface area contributed by atoms with Crippen LogP contribution in [0.1, 0.15) is 35.7 Å². The van der Waals surface area contributed by atoms with Gasteiger partial charge in [0.15, 0.2) is 0 Å². The highest BCUT2D eigenvalue weighted by Crippen LogP contribution is 2.38. The Labute approximate surface area is 110 Å². The SMILES string of the molecule is Cc1cc(F)ccc1-c1nc(C2CC2)[nH]c(=O)c1C. The second kappa shape index (κ2) is 4.30. The van der Waals surface area contributed by atoms with Gasteiger partial charge in [0, 0.05) is 17.0 Å². The molecule has 0 spiro atoms. The third-order valence-corrected chi connectivity index (χ3v) is 3.58. The van der Waals surface area contributed by atoms with E-state index in [1.807, 2.05) is 6.92 Å². The van der Waals surface area contributed by atoms with E-state index in [4.69, 9.17) is 0 Å². The van der Waals surface area contributed by atoms with Crippen LogP contribution in [-0.2, 0) is 0 Å². The maximum absolute atomic E-state index is 13.2. The van der Waals surface area contributed by atoms with Gasteiger partial charge in [-0.25, -0.2) is 9.37 Å². The molecule has 0 aliphatic heterocycles. The largest absolute Gasteiger partial charge is 0.310 e. The van der Waals surface area contributed by atoms with Crippen molar-refractivity contribution in [2.24, 2.45) is 0 Å². The molecular weight excluding hydrogens is 243 g/mol. The minimum Gasteiger partial charge on any atom is -0.310 e. The van der Waals surface area contributed by atoms with Crippen molar-refractivity contribution in [2.75, 3.05) is 0 Å². The van der Waals surface area contributed by atoms with Crippen molar-refractivity contribution in [3.63, 3.8) is 0 Å². The summed E-state index contributed by atoms with van der Waals surface area (Å²) in [6, 6.07) is 4.56. The summed E-state index contributed by atoms with van der Waals surface area (Å²) in [4.78, 5) is 19.4. The third-order valence-electron chi connectivity index (χ3n) is 3.58. The van der Waals surface area contributed by atoms with Crippen LogP contribution in [-0.4, -0.2) is 9.97 Å². The zero-order valence-electron chi connectivity index (χ0n) is 11.0. The van der Waals surface area contributed by atoms with Crippen molar-refractivity contribution < 1.29 is 4.39 Å². The van der Waals surface area contributed by atoms with Crippen molar-refractivity contribution in [3.05, 3.63) is 51.3 Å². The Morgan fingerprint density at radius 2 is 2.05 bits per heavy atom. The van der Waals surface area contributed by atoms with Gasteiger partial charge in [0.05, 0.1) is 5.69 Å². The first kappa shape index (κ1) is 12.1. The van der Waals surface area contributed by atoms with E-state index < -0.39 is 0 Å². The number of hydrogen-bond acceptors (Lipinski definition) is 2. The van der Waals surface area contributed by atoms with Crippen molar-refractivity contribution in [1.82, 2.24) is 9.97 Å². The number of benzene rings is 1. The summed E-state index contributed by atoms with van der Waals surface area (Å²) in [7, 11) is 0. The van der Waals surface area contributed by atoms with Gasteiger partial charge in [-0.3, -0.25) is 4.79 Å². The first-order chi connectivity index (χ1) is 9.06. The van der Waals surface area contributed by atoms with E-state index in [1.54, 1.807) is 13.0 Å². The molecule has 1 aromatic carbocycles. The van der Waals surface area contributed by atoms with Crippen LogP contribution in [0.3, 0.4) is 0 Å². The van der Waals surface area contributed by atoms with E-state index in [1.165, 1.54) is 12.1 Å². The molecule has 0 saturated heterocycles. The van der Waals surface area contributed by atoms with Crippen molar-refractivity contribution >= 4 is 0 Å². The van der Waals surface area contributed by atoms with Gasteiger partial charge in [-0.2, -0.15) is 0 Å². The van der Waals surface area contributed by atoms with Gasteiger partial charge < -0.3 is 4.98 Å². The second-order valence-corrected chi connectivity index (χ2v) is 5.16. The van der Waals surface area contributed by atoms with Crippen LogP contribution in [0.2, 0.25) is 0 Å². The Morgan fingerprint density at radius 1 is 1.32 bits per heavy atom. The molecule has 0 bridgehead atoms. The second-order valence-electron chi connectivity index (χ2n) is 5.16. The Balaban J connectivity index is 2.20. The van der Waals surface area contributed by atoms with Crippen LogP contribution in [0.4, 0.5) is 4.39 Å². The smallest absolute Gasteiger partial charge is 0.254 e. The number of rotatable bonds is 2. The fraction of sp³-hybridized carbons (Fsp3) is 0.333. The number of nitrogens with one attached hydrogen (secondary N) is 1. The first-order valence-corrected chi connectivity index (χ1v) is 6.43. The van der Waals surface area contributed by atoms with Crippen LogP contribution in [0, 0.1) is 19.7 Å².